The molecule has 0 saturated heterocycles. The minimum absolute atomic E-state index is 0.174. The summed E-state index contributed by atoms with van der Waals surface area (Å²) in [7, 11) is 0. The number of hydrogen-bond donors (Lipinski definition) is 3. The highest BCUT2D eigenvalue weighted by molar-refractivity contribution is 6.09. The van der Waals surface area contributed by atoms with E-state index < -0.39 is 23.0 Å². The molecule has 0 fully saturated rings. The van der Waals surface area contributed by atoms with E-state index >= 15 is 0 Å². The summed E-state index contributed by atoms with van der Waals surface area (Å²) < 4.78 is 0. The Kier molecular flexibility index (Phi) is 15.3. The lowest BCUT2D eigenvalue weighted by atomic mass is 9.84. The molecule has 0 aromatic heterocycles. The fraction of sp³-hybridized carbons (Fsp3) is 0.917. The van der Waals surface area contributed by atoms with Crippen molar-refractivity contribution in [2.45, 2.75) is 141 Å². The number of carboxylic acid groups (broad SMARTS) is 1. The van der Waals surface area contributed by atoms with E-state index in [4.69, 9.17) is 5.11 Å². The van der Waals surface area contributed by atoms with Gasteiger partial charge in [0.05, 0.1) is 0 Å². The number of aliphatic hydroxyl groups is 2. The first-order chi connectivity index (χ1) is 13.7. The lowest BCUT2D eigenvalue weighted by Gasteiger charge is -2.28. The van der Waals surface area contributed by atoms with Crippen LogP contribution >= 0.6 is 0 Å². The highest BCUT2D eigenvalue weighted by Gasteiger charge is 2.47. The van der Waals surface area contributed by atoms with Crippen LogP contribution in [0.2, 0.25) is 0 Å². The standard InChI is InChI=1S/C24H46O5/c1-4-5-6-7-8-9-10-11-12-13-14-15-16-17-18-19-20-23(2,28)21(25)24(3,29)22(26)27/h28-29H,4-20H2,1-3H3,(H,26,27). The summed E-state index contributed by atoms with van der Waals surface area (Å²) >= 11 is 0. The van der Waals surface area contributed by atoms with Crippen molar-refractivity contribution in [3.8, 4) is 0 Å². The summed E-state index contributed by atoms with van der Waals surface area (Å²) in [6, 6.07) is 0. The molecule has 3 N–H and O–H groups in total. The highest BCUT2D eigenvalue weighted by atomic mass is 16.4. The molecule has 0 aliphatic heterocycles. The van der Waals surface area contributed by atoms with E-state index in [0.717, 1.165) is 26.2 Å². The van der Waals surface area contributed by atoms with Crippen molar-refractivity contribution in [2.24, 2.45) is 0 Å². The van der Waals surface area contributed by atoms with E-state index in [-0.39, 0.29) is 6.42 Å². The first-order valence-electron chi connectivity index (χ1n) is 11.9. The van der Waals surface area contributed by atoms with Crippen LogP contribution in [0.15, 0.2) is 0 Å². The van der Waals surface area contributed by atoms with E-state index in [2.05, 4.69) is 6.92 Å². The quantitative estimate of drug-likeness (QED) is 0.173. The maximum Gasteiger partial charge on any atom is 0.343 e. The molecule has 0 aromatic rings. The van der Waals surface area contributed by atoms with Gasteiger partial charge in [0.2, 0.25) is 11.4 Å². The van der Waals surface area contributed by atoms with Crippen LogP contribution in [0.4, 0.5) is 0 Å². The Labute approximate surface area is 178 Å². The first kappa shape index (κ1) is 28.1. The van der Waals surface area contributed by atoms with E-state index in [1.54, 1.807) is 0 Å². The predicted molar refractivity (Wildman–Crippen MR) is 118 cm³/mol. The van der Waals surface area contributed by atoms with Gasteiger partial charge in [-0.2, -0.15) is 0 Å². The summed E-state index contributed by atoms with van der Waals surface area (Å²) in [5, 5.41) is 28.8. The van der Waals surface area contributed by atoms with Crippen LogP contribution in [0.1, 0.15) is 130 Å². The van der Waals surface area contributed by atoms with Crippen LogP contribution in [-0.4, -0.2) is 38.3 Å². The Morgan fingerprint density at radius 2 is 0.931 bits per heavy atom. The van der Waals surface area contributed by atoms with Gasteiger partial charge in [0.1, 0.15) is 5.60 Å². The lowest BCUT2D eigenvalue weighted by Crippen LogP contribution is -2.54. The molecule has 0 rings (SSSR count). The molecule has 5 heteroatoms. The van der Waals surface area contributed by atoms with Crippen molar-refractivity contribution in [1.29, 1.82) is 0 Å². The van der Waals surface area contributed by atoms with E-state index in [1.165, 1.54) is 84.0 Å². The van der Waals surface area contributed by atoms with Gasteiger partial charge in [-0.15, -0.1) is 0 Å². The third-order valence-electron chi connectivity index (χ3n) is 5.86. The number of hydrogen-bond acceptors (Lipinski definition) is 4. The molecule has 2 unspecified atom stereocenters. The number of unbranched alkanes of at least 4 members (excludes halogenated alkanes) is 15. The van der Waals surface area contributed by atoms with Crippen LogP contribution in [0.5, 0.6) is 0 Å². The van der Waals surface area contributed by atoms with Crippen molar-refractivity contribution in [2.75, 3.05) is 0 Å². The molecule has 0 saturated carbocycles. The van der Waals surface area contributed by atoms with E-state index in [9.17, 15) is 19.8 Å². The summed E-state index contributed by atoms with van der Waals surface area (Å²) in [6.07, 6.45) is 20.1. The number of carboxylic acids is 1. The third kappa shape index (κ3) is 13.1. The van der Waals surface area contributed by atoms with Crippen LogP contribution in [0, 0.1) is 0 Å². The Bertz CT molecular complexity index is 443. The van der Waals surface area contributed by atoms with Gasteiger partial charge in [-0.05, 0) is 20.3 Å². The number of aliphatic carboxylic acids is 1. The molecule has 0 aromatic carbocycles. The summed E-state index contributed by atoms with van der Waals surface area (Å²) in [6.45, 7) is 4.46. The van der Waals surface area contributed by atoms with Crippen molar-refractivity contribution >= 4 is 11.8 Å². The number of rotatable bonds is 20. The monoisotopic (exact) mass is 414 g/mol. The van der Waals surface area contributed by atoms with Crippen molar-refractivity contribution in [3.05, 3.63) is 0 Å². The summed E-state index contributed by atoms with van der Waals surface area (Å²) in [5.41, 5.74) is -4.35. The van der Waals surface area contributed by atoms with Gasteiger partial charge in [-0.25, -0.2) is 4.79 Å². The Morgan fingerprint density at radius 3 is 1.24 bits per heavy atom. The number of ketones is 1. The molecule has 0 aliphatic carbocycles. The fourth-order valence-electron chi connectivity index (χ4n) is 3.75. The Balaban J connectivity index is 3.55. The smallest absolute Gasteiger partial charge is 0.343 e. The van der Waals surface area contributed by atoms with Gasteiger partial charge in [0.15, 0.2) is 0 Å². The predicted octanol–water partition coefficient (Wildman–Crippen LogP) is 5.79. The van der Waals surface area contributed by atoms with Gasteiger partial charge in [0, 0.05) is 0 Å². The molecule has 0 heterocycles. The molecule has 0 spiro atoms. The van der Waals surface area contributed by atoms with Crippen LogP contribution in [0.3, 0.4) is 0 Å². The van der Waals surface area contributed by atoms with Crippen LogP contribution in [-0.2, 0) is 9.59 Å². The molecular weight excluding hydrogens is 368 g/mol. The largest absolute Gasteiger partial charge is 0.479 e. The molecule has 0 bridgehead atoms. The number of carbonyl (C=O) groups is 2. The van der Waals surface area contributed by atoms with Gasteiger partial charge in [0.25, 0.3) is 0 Å². The van der Waals surface area contributed by atoms with Crippen molar-refractivity contribution < 1.29 is 24.9 Å². The average Bonchev–Trinajstić information content (AvgIpc) is 2.66. The van der Waals surface area contributed by atoms with Gasteiger partial charge in [-0.3, -0.25) is 4.79 Å². The molecule has 0 aliphatic rings. The zero-order chi connectivity index (χ0) is 22.2. The summed E-state index contributed by atoms with van der Waals surface area (Å²) in [5.74, 6) is -2.67. The van der Waals surface area contributed by atoms with Gasteiger partial charge < -0.3 is 15.3 Å². The maximum absolute atomic E-state index is 12.0. The molecule has 0 amide bonds. The number of carbonyl (C=O) groups excluding carboxylic acids is 1. The first-order valence-corrected chi connectivity index (χ1v) is 11.9. The Morgan fingerprint density at radius 1 is 0.621 bits per heavy atom. The second kappa shape index (κ2) is 15.8. The normalized spacial score (nSPS) is 15.6. The fourth-order valence-corrected chi connectivity index (χ4v) is 3.75. The van der Waals surface area contributed by atoms with Crippen molar-refractivity contribution in [3.63, 3.8) is 0 Å². The molecule has 172 valence electrons. The second-order valence-corrected chi connectivity index (χ2v) is 9.03. The average molecular weight is 415 g/mol. The van der Waals surface area contributed by atoms with E-state index in [0.29, 0.717) is 6.42 Å². The van der Waals surface area contributed by atoms with Gasteiger partial charge in [-0.1, -0.05) is 110 Å². The van der Waals surface area contributed by atoms with Gasteiger partial charge >= 0.3 is 5.97 Å². The Hall–Kier alpha value is -0.940. The zero-order valence-electron chi connectivity index (χ0n) is 19.2. The van der Waals surface area contributed by atoms with E-state index in [1.807, 2.05) is 0 Å². The molecule has 29 heavy (non-hydrogen) atoms. The highest BCUT2D eigenvalue weighted by Crippen LogP contribution is 2.23. The molecule has 2 atom stereocenters. The van der Waals surface area contributed by atoms with Crippen LogP contribution < -0.4 is 0 Å². The minimum Gasteiger partial charge on any atom is -0.479 e. The molecular formula is C24H46O5. The van der Waals surface area contributed by atoms with Crippen LogP contribution in [0.25, 0.3) is 0 Å². The SMILES string of the molecule is CCCCCCCCCCCCCCCCCCC(C)(O)C(=O)C(C)(O)C(=O)O. The third-order valence-corrected chi connectivity index (χ3v) is 5.86. The topological polar surface area (TPSA) is 94.8 Å². The lowest BCUT2D eigenvalue weighted by molar-refractivity contribution is -0.172. The molecule has 0 radical (unpaired) electrons. The molecule has 5 nitrogen and oxygen atoms in total. The zero-order valence-corrected chi connectivity index (χ0v) is 19.2. The summed E-state index contributed by atoms with van der Waals surface area (Å²) in [4.78, 5) is 23.0. The maximum atomic E-state index is 12.0. The number of Topliss-reactive ketones (excluding diaryl/α,β-unsaturated/α-hetero) is 1. The minimum atomic E-state index is -2.54. The second-order valence-electron chi connectivity index (χ2n) is 9.03. The van der Waals surface area contributed by atoms with Crippen molar-refractivity contribution in [1.82, 2.24) is 0 Å².